The molecule has 0 spiro atoms. The predicted octanol–water partition coefficient (Wildman–Crippen LogP) is 3.69. The molecule has 4 heteroatoms. The lowest BCUT2D eigenvalue weighted by molar-refractivity contribution is 0.294. The first kappa shape index (κ1) is 15.0. The van der Waals surface area contributed by atoms with Crippen LogP contribution < -0.4 is 10.5 Å². The van der Waals surface area contributed by atoms with Crippen LogP contribution in [-0.4, -0.2) is 0 Å². The molecule has 0 aromatic heterocycles. The molecule has 1 unspecified atom stereocenters. The summed E-state index contributed by atoms with van der Waals surface area (Å²) < 4.78 is 19.4. The van der Waals surface area contributed by atoms with Crippen LogP contribution in [0.2, 0.25) is 0 Å². The number of nitrogens with two attached hydrogens (primary N) is 1. The lowest BCUT2D eigenvalue weighted by Gasteiger charge is -2.16. The zero-order chi connectivity index (χ0) is 15.2. The first-order valence-electron chi connectivity index (χ1n) is 6.81. The topological polar surface area (TPSA) is 59.0 Å². The maximum absolute atomic E-state index is 13.7. The van der Waals surface area contributed by atoms with Gasteiger partial charge in [-0.2, -0.15) is 5.26 Å². The molecule has 2 aromatic carbocycles. The van der Waals surface area contributed by atoms with Crippen molar-refractivity contribution >= 4 is 0 Å². The molecule has 0 radical (unpaired) electrons. The zero-order valence-electron chi connectivity index (χ0n) is 11.8. The van der Waals surface area contributed by atoms with Crippen molar-refractivity contribution in [3.8, 4) is 11.8 Å². The van der Waals surface area contributed by atoms with E-state index in [9.17, 15) is 4.39 Å². The maximum atomic E-state index is 13.7. The van der Waals surface area contributed by atoms with Gasteiger partial charge in [-0.15, -0.1) is 0 Å². The number of rotatable bonds is 5. The van der Waals surface area contributed by atoms with Crippen molar-refractivity contribution in [3.05, 3.63) is 65.0 Å². The molecule has 21 heavy (non-hydrogen) atoms. The van der Waals surface area contributed by atoms with E-state index in [1.165, 1.54) is 18.2 Å². The molecule has 0 aliphatic carbocycles. The van der Waals surface area contributed by atoms with E-state index in [1.54, 1.807) is 0 Å². The van der Waals surface area contributed by atoms with Gasteiger partial charge in [0.15, 0.2) is 0 Å². The van der Waals surface area contributed by atoms with E-state index in [0.717, 1.165) is 12.0 Å². The molecular weight excluding hydrogens is 267 g/mol. The largest absolute Gasteiger partial charge is 0.488 e. The van der Waals surface area contributed by atoms with Crippen LogP contribution in [0, 0.1) is 17.1 Å². The van der Waals surface area contributed by atoms with E-state index in [2.05, 4.69) is 0 Å². The molecule has 0 amide bonds. The van der Waals surface area contributed by atoms with Gasteiger partial charge >= 0.3 is 0 Å². The van der Waals surface area contributed by atoms with Gasteiger partial charge in [0.05, 0.1) is 11.6 Å². The number of hydrogen-bond acceptors (Lipinski definition) is 3. The third-order valence-electron chi connectivity index (χ3n) is 3.32. The summed E-state index contributed by atoms with van der Waals surface area (Å²) in [4.78, 5) is 0. The molecule has 0 bridgehead atoms. The van der Waals surface area contributed by atoms with Gasteiger partial charge < -0.3 is 10.5 Å². The number of para-hydroxylation sites is 1. The van der Waals surface area contributed by atoms with E-state index in [4.69, 9.17) is 15.7 Å². The SMILES string of the molecule is CCC(N)c1ccccc1OCc1cc(C#N)ccc1F. The Morgan fingerprint density at radius 2 is 2.05 bits per heavy atom. The molecule has 108 valence electrons. The van der Waals surface area contributed by atoms with Gasteiger partial charge in [-0.1, -0.05) is 25.1 Å². The Labute approximate surface area is 123 Å². The number of hydrogen-bond donors (Lipinski definition) is 1. The smallest absolute Gasteiger partial charge is 0.129 e. The molecule has 0 saturated carbocycles. The second-order valence-electron chi connectivity index (χ2n) is 4.76. The van der Waals surface area contributed by atoms with Crippen molar-refractivity contribution in [2.45, 2.75) is 26.0 Å². The number of halogens is 1. The molecule has 0 fully saturated rings. The lowest BCUT2D eigenvalue weighted by atomic mass is 10.0. The Bertz CT molecular complexity index is 664. The number of nitrogens with zero attached hydrogens (tertiary/aromatic N) is 1. The van der Waals surface area contributed by atoms with Crippen molar-refractivity contribution < 1.29 is 9.13 Å². The minimum atomic E-state index is -0.383. The summed E-state index contributed by atoms with van der Waals surface area (Å²) in [5.74, 6) is 0.264. The maximum Gasteiger partial charge on any atom is 0.129 e. The standard InChI is InChI=1S/C17H17FN2O/c1-2-16(20)14-5-3-4-6-17(14)21-11-13-9-12(10-19)7-8-15(13)18/h3-9,16H,2,11,20H2,1H3. The van der Waals surface area contributed by atoms with Gasteiger partial charge in [-0.05, 0) is 30.7 Å². The van der Waals surface area contributed by atoms with Crippen LogP contribution in [0.3, 0.4) is 0 Å². The average molecular weight is 284 g/mol. The molecule has 0 aliphatic heterocycles. The fourth-order valence-corrected chi connectivity index (χ4v) is 2.05. The minimum absolute atomic E-state index is 0.0643. The summed E-state index contributed by atoms with van der Waals surface area (Å²) in [5, 5.41) is 8.86. The van der Waals surface area contributed by atoms with Crippen LogP contribution in [0.1, 0.15) is 36.1 Å². The van der Waals surface area contributed by atoms with Crippen molar-refractivity contribution in [1.29, 1.82) is 5.26 Å². The molecule has 2 N–H and O–H groups in total. The zero-order valence-corrected chi connectivity index (χ0v) is 11.8. The summed E-state index contributed by atoms with van der Waals surface area (Å²) in [6.45, 7) is 2.06. The molecule has 1 atom stereocenters. The summed E-state index contributed by atoms with van der Waals surface area (Å²) in [7, 11) is 0. The van der Waals surface area contributed by atoms with E-state index in [-0.39, 0.29) is 18.5 Å². The highest BCUT2D eigenvalue weighted by molar-refractivity contribution is 5.37. The summed E-state index contributed by atoms with van der Waals surface area (Å²) in [5.41, 5.74) is 7.71. The number of ether oxygens (including phenoxy) is 1. The van der Waals surface area contributed by atoms with Crippen LogP contribution in [0.4, 0.5) is 4.39 Å². The Morgan fingerprint density at radius 1 is 1.29 bits per heavy atom. The van der Waals surface area contributed by atoms with Crippen LogP contribution in [0.25, 0.3) is 0 Å². The minimum Gasteiger partial charge on any atom is -0.488 e. The summed E-state index contributed by atoms with van der Waals surface area (Å²) in [6.07, 6.45) is 0.790. The lowest BCUT2D eigenvalue weighted by Crippen LogP contribution is -2.11. The molecule has 2 rings (SSSR count). The second-order valence-corrected chi connectivity index (χ2v) is 4.76. The fourth-order valence-electron chi connectivity index (χ4n) is 2.05. The van der Waals surface area contributed by atoms with Gasteiger partial charge in [0.2, 0.25) is 0 Å². The van der Waals surface area contributed by atoms with Crippen LogP contribution in [-0.2, 0) is 6.61 Å². The van der Waals surface area contributed by atoms with Crippen LogP contribution in [0.5, 0.6) is 5.75 Å². The highest BCUT2D eigenvalue weighted by atomic mass is 19.1. The predicted molar refractivity (Wildman–Crippen MR) is 79.1 cm³/mol. The third-order valence-corrected chi connectivity index (χ3v) is 3.32. The Balaban J connectivity index is 2.19. The molecule has 0 saturated heterocycles. The second kappa shape index (κ2) is 6.87. The van der Waals surface area contributed by atoms with Crippen molar-refractivity contribution in [1.82, 2.24) is 0 Å². The monoisotopic (exact) mass is 284 g/mol. The van der Waals surface area contributed by atoms with E-state index in [1.807, 2.05) is 37.3 Å². The molecule has 2 aromatic rings. The van der Waals surface area contributed by atoms with Gasteiger partial charge in [-0.25, -0.2) is 4.39 Å². The van der Waals surface area contributed by atoms with Gasteiger partial charge in [-0.3, -0.25) is 0 Å². The van der Waals surface area contributed by atoms with Crippen LogP contribution >= 0.6 is 0 Å². The van der Waals surface area contributed by atoms with Crippen molar-refractivity contribution in [2.75, 3.05) is 0 Å². The highest BCUT2D eigenvalue weighted by Gasteiger charge is 2.11. The highest BCUT2D eigenvalue weighted by Crippen LogP contribution is 2.26. The number of nitriles is 1. The first-order valence-corrected chi connectivity index (χ1v) is 6.81. The Morgan fingerprint density at radius 3 is 2.76 bits per heavy atom. The quantitative estimate of drug-likeness (QED) is 0.911. The van der Waals surface area contributed by atoms with E-state index in [0.29, 0.717) is 16.9 Å². The van der Waals surface area contributed by atoms with Gasteiger partial charge in [0.1, 0.15) is 18.2 Å². The van der Waals surface area contributed by atoms with Gasteiger partial charge in [0.25, 0.3) is 0 Å². The summed E-state index contributed by atoms with van der Waals surface area (Å²) in [6, 6.07) is 13.6. The molecule has 3 nitrogen and oxygen atoms in total. The fraction of sp³-hybridized carbons (Fsp3) is 0.235. The number of benzene rings is 2. The Kier molecular flexibility index (Phi) is 4.91. The molecule has 0 aliphatic rings. The molecule has 0 heterocycles. The van der Waals surface area contributed by atoms with E-state index >= 15 is 0 Å². The van der Waals surface area contributed by atoms with Crippen molar-refractivity contribution in [2.24, 2.45) is 5.73 Å². The first-order chi connectivity index (χ1) is 10.2. The van der Waals surface area contributed by atoms with Gasteiger partial charge in [0, 0.05) is 17.2 Å². The van der Waals surface area contributed by atoms with Crippen molar-refractivity contribution in [3.63, 3.8) is 0 Å². The van der Waals surface area contributed by atoms with Crippen LogP contribution in [0.15, 0.2) is 42.5 Å². The van der Waals surface area contributed by atoms with E-state index < -0.39 is 0 Å². The summed E-state index contributed by atoms with van der Waals surface area (Å²) >= 11 is 0. The third kappa shape index (κ3) is 3.59. The normalized spacial score (nSPS) is 11.7. The average Bonchev–Trinajstić information content (AvgIpc) is 2.53. The Hall–Kier alpha value is -2.38. The molecular formula is C17H17FN2O.